The summed E-state index contributed by atoms with van der Waals surface area (Å²) < 4.78 is 66.2. The Morgan fingerprint density at radius 2 is 1.73 bits per heavy atom. The van der Waals surface area contributed by atoms with Gasteiger partial charge in [0.1, 0.15) is 5.82 Å². The van der Waals surface area contributed by atoms with Crippen LogP contribution in [0.2, 0.25) is 0 Å². The number of benzene rings is 2. The maximum absolute atomic E-state index is 13.9. The zero-order chi connectivity index (χ0) is 13.8. The maximum Gasteiger partial charge on any atom is 0.131 e. The molecule has 11 heavy (non-hydrogen) atoms. The Hall–Kier alpha value is -1.37. The van der Waals surface area contributed by atoms with Crippen LogP contribution in [-0.2, 0) is 0 Å². The lowest BCUT2D eigenvalue weighted by molar-refractivity contribution is 0.640. The Morgan fingerprint density at radius 1 is 1.00 bits per heavy atom. The number of hydrogen-bond acceptors (Lipinski definition) is 0. The Balaban J connectivity index is 3.22. The summed E-state index contributed by atoms with van der Waals surface area (Å²) in [4.78, 5) is 0. The van der Waals surface area contributed by atoms with Crippen LogP contribution in [0.4, 0.5) is 4.39 Å². The van der Waals surface area contributed by atoms with E-state index in [1.165, 1.54) is 0 Å². The van der Waals surface area contributed by atoms with E-state index in [1.54, 1.807) is 0 Å². The third kappa shape index (κ3) is 0.984. The molecule has 54 valence electrons. The number of halogens is 1. The molecule has 2 rings (SSSR count). The highest BCUT2D eigenvalue weighted by atomic mass is 19.1. The molecule has 0 radical (unpaired) electrons. The monoisotopic (exact) mass is 153 g/mol. The fraction of sp³-hybridized carbons (Fsp3) is 0. The zero-order valence-corrected chi connectivity index (χ0v) is 5.38. The van der Waals surface area contributed by atoms with E-state index in [0.29, 0.717) is 0 Å². The summed E-state index contributed by atoms with van der Waals surface area (Å²) in [6.45, 7) is 0. The van der Waals surface area contributed by atoms with Crippen molar-refractivity contribution in [2.24, 2.45) is 0 Å². The van der Waals surface area contributed by atoms with Crippen molar-refractivity contribution in [2.45, 2.75) is 0 Å². The van der Waals surface area contributed by atoms with Crippen LogP contribution in [0, 0.1) is 5.82 Å². The number of fused-ring (bicyclic) bond motifs is 1. The molecule has 0 heterocycles. The van der Waals surface area contributed by atoms with Crippen LogP contribution in [0.25, 0.3) is 10.8 Å². The third-order valence-electron chi connectivity index (χ3n) is 1.27. The summed E-state index contributed by atoms with van der Waals surface area (Å²) in [6, 6.07) is -4.50. The molecule has 0 unspecified atom stereocenters. The smallest absolute Gasteiger partial charge is 0.131 e. The second-order valence-corrected chi connectivity index (χ2v) is 1.94. The van der Waals surface area contributed by atoms with Crippen molar-refractivity contribution in [1.82, 2.24) is 0 Å². The standard InChI is InChI=1S/C10H7F/c11-10-7-3-5-8-4-1-2-6-9(8)10/h1-7H/i1D,2D,3D,4D,5D,6D,7D. The molecule has 0 bridgehead atoms. The van der Waals surface area contributed by atoms with Crippen LogP contribution in [0.3, 0.4) is 0 Å². The van der Waals surface area contributed by atoms with E-state index in [2.05, 4.69) is 0 Å². The normalized spacial score (nSPS) is 19.2. The predicted octanol–water partition coefficient (Wildman–Crippen LogP) is 2.98. The van der Waals surface area contributed by atoms with E-state index >= 15 is 0 Å². The van der Waals surface area contributed by atoms with Gasteiger partial charge in [-0.3, -0.25) is 0 Å². The number of rotatable bonds is 0. The summed E-state index contributed by atoms with van der Waals surface area (Å²) in [5, 5.41) is -0.869. The van der Waals surface area contributed by atoms with Crippen LogP contribution in [0.5, 0.6) is 0 Å². The topological polar surface area (TPSA) is 0 Å². The molecule has 2 aromatic carbocycles. The molecule has 0 saturated heterocycles. The first-order valence-corrected chi connectivity index (χ1v) is 2.94. The summed E-state index contributed by atoms with van der Waals surface area (Å²) in [7, 11) is 0. The van der Waals surface area contributed by atoms with Gasteiger partial charge >= 0.3 is 0 Å². The van der Waals surface area contributed by atoms with Gasteiger partial charge in [0.25, 0.3) is 0 Å². The van der Waals surface area contributed by atoms with Gasteiger partial charge in [-0.25, -0.2) is 4.39 Å². The largest absolute Gasteiger partial charge is 0.206 e. The molecular formula is C10H7F. The highest BCUT2D eigenvalue weighted by molar-refractivity contribution is 5.82. The molecule has 0 spiro atoms. The van der Waals surface area contributed by atoms with Crippen LogP contribution in [-0.4, -0.2) is 0 Å². The molecule has 0 aliphatic rings. The predicted molar refractivity (Wildman–Crippen MR) is 43.9 cm³/mol. The van der Waals surface area contributed by atoms with E-state index in [1.807, 2.05) is 0 Å². The van der Waals surface area contributed by atoms with E-state index in [4.69, 9.17) is 9.60 Å². The Bertz CT molecular complexity index is 567. The first kappa shape index (κ1) is 2.31. The van der Waals surface area contributed by atoms with Crippen molar-refractivity contribution >= 4 is 10.8 Å². The highest BCUT2D eigenvalue weighted by Crippen LogP contribution is 2.15. The lowest BCUT2D eigenvalue weighted by Crippen LogP contribution is -1.76. The van der Waals surface area contributed by atoms with Gasteiger partial charge < -0.3 is 0 Å². The fourth-order valence-electron chi connectivity index (χ4n) is 0.782. The lowest BCUT2D eigenvalue weighted by atomic mass is 10.1. The van der Waals surface area contributed by atoms with Crippen molar-refractivity contribution < 1.29 is 14.0 Å². The Labute approximate surface area is 74.1 Å². The van der Waals surface area contributed by atoms with Crippen LogP contribution in [0.1, 0.15) is 9.60 Å². The first-order chi connectivity index (χ1) is 8.29. The molecular weight excluding hydrogens is 139 g/mol. The van der Waals surface area contributed by atoms with Crippen molar-refractivity contribution in [2.75, 3.05) is 0 Å². The fourth-order valence-corrected chi connectivity index (χ4v) is 0.782. The molecule has 0 aromatic heterocycles. The van der Waals surface area contributed by atoms with Gasteiger partial charge in [0, 0.05) is 5.39 Å². The molecule has 0 nitrogen and oxygen atoms in total. The summed E-state index contributed by atoms with van der Waals surface area (Å²) in [6.07, 6.45) is 0. The van der Waals surface area contributed by atoms with E-state index in [-0.39, 0.29) is 5.39 Å². The summed E-state index contributed by atoms with van der Waals surface area (Å²) >= 11 is 0. The van der Waals surface area contributed by atoms with Gasteiger partial charge in [-0.1, -0.05) is 36.3 Å². The minimum atomic E-state index is -1.20. The van der Waals surface area contributed by atoms with E-state index in [0.717, 1.165) is 0 Å². The second-order valence-electron chi connectivity index (χ2n) is 1.94. The molecule has 2 aromatic rings. The minimum absolute atomic E-state index is 0.362. The van der Waals surface area contributed by atoms with Crippen molar-refractivity contribution in [1.29, 1.82) is 0 Å². The molecule has 0 N–H and O–H groups in total. The summed E-state index contributed by atoms with van der Waals surface area (Å²) in [5.74, 6) is -1.20. The van der Waals surface area contributed by atoms with Gasteiger partial charge in [0.2, 0.25) is 0 Å². The average molecular weight is 153 g/mol. The van der Waals surface area contributed by atoms with Crippen LogP contribution in [0.15, 0.2) is 42.3 Å². The molecule has 1 heteroatoms. The zero-order valence-electron chi connectivity index (χ0n) is 12.4. The number of hydrogen-bond donors (Lipinski definition) is 0. The van der Waals surface area contributed by atoms with Crippen LogP contribution < -0.4 is 0 Å². The molecule has 0 aliphatic carbocycles. The molecule has 0 amide bonds. The molecule has 0 fully saturated rings. The summed E-state index contributed by atoms with van der Waals surface area (Å²) in [5.41, 5.74) is 0. The van der Waals surface area contributed by atoms with Gasteiger partial charge in [0.15, 0.2) is 0 Å². The maximum atomic E-state index is 13.9. The van der Waals surface area contributed by atoms with E-state index < -0.39 is 53.5 Å². The van der Waals surface area contributed by atoms with Gasteiger partial charge in [-0.05, 0) is 11.4 Å². The Kier molecular flexibility index (Phi) is 0.492. The van der Waals surface area contributed by atoms with E-state index in [9.17, 15) is 4.39 Å². The highest BCUT2D eigenvalue weighted by Gasteiger charge is 1.95. The lowest BCUT2D eigenvalue weighted by Gasteiger charge is -1.95. The van der Waals surface area contributed by atoms with Gasteiger partial charge in [-0.15, -0.1) is 0 Å². The average Bonchev–Trinajstić information content (AvgIpc) is 2.35. The van der Waals surface area contributed by atoms with Crippen LogP contribution >= 0.6 is 0 Å². The SMILES string of the molecule is [2H]c1c([2H])c([2H])c2c(F)c([2H])c([2H])c([2H])c2c1[2H]. The Morgan fingerprint density at radius 3 is 2.64 bits per heavy atom. The quantitative estimate of drug-likeness (QED) is 0.545. The third-order valence-corrected chi connectivity index (χ3v) is 1.27. The molecule has 0 atom stereocenters. The van der Waals surface area contributed by atoms with Crippen molar-refractivity contribution in [3.8, 4) is 0 Å². The van der Waals surface area contributed by atoms with Gasteiger partial charge in [-0.2, -0.15) is 0 Å². The van der Waals surface area contributed by atoms with Gasteiger partial charge in [0.05, 0.1) is 9.60 Å². The second kappa shape index (κ2) is 2.35. The molecule has 0 aliphatic heterocycles. The van der Waals surface area contributed by atoms with Crippen molar-refractivity contribution in [3.05, 3.63) is 48.1 Å². The molecule has 0 saturated carbocycles. The minimum Gasteiger partial charge on any atom is -0.206 e. The van der Waals surface area contributed by atoms with Crippen molar-refractivity contribution in [3.63, 3.8) is 0 Å². The first-order valence-electron chi connectivity index (χ1n) is 6.44.